The Morgan fingerprint density at radius 3 is 2.59 bits per heavy atom. The van der Waals surface area contributed by atoms with Gasteiger partial charge in [-0.15, -0.1) is 0 Å². The van der Waals surface area contributed by atoms with Gasteiger partial charge >= 0.3 is 11.9 Å². The minimum absolute atomic E-state index is 0.169. The van der Waals surface area contributed by atoms with Crippen molar-refractivity contribution in [2.75, 3.05) is 13.7 Å². The van der Waals surface area contributed by atoms with E-state index >= 15 is 0 Å². The van der Waals surface area contributed by atoms with E-state index < -0.39 is 18.0 Å². The van der Waals surface area contributed by atoms with Crippen LogP contribution < -0.4 is 24.4 Å². The predicted octanol–water partition coefficient (Wildman–Crippen LogP) is 3.89. The monoisotopic (exact) mass is 542 g/mol. The molecule has 1 aliphatic rings. The summed E-state index contributed by atoms with van der Waals surface area (Å²) in [7, 11) is 1.45. The summed E-state index contributed by atoms with van der Waals surface area (Å²) in [6.45, 7) is 4.92. The first kappa shape index (κ1) is 26.1. The molecule has 0 saturated heterocycles. The molecule has 0 N–H and O–H groups in total. The number of fused-ring (bicyclic) bond motifs is 2. The molecule has 1 aromatic heterocycles. The number of esters is 2. The van der Waals surface area contributed by atoms with Gasteiger partial charge in [0.05, 0.1) is 35.6 Å². The summed E-state index contributed by atoms with van der Waals surface area (Å²) in [5.41, 5.74) is 1.92. The molecule has 0 saturated carbocycles. The summed E-state index contributed by atoms with van der Waals surface area (Å²) in [6.07, 6.45) is 1.86. The number of carbonyl (C=O) groups excluding carboxylic acids is 2. The predicted molar refractivity (Wildman–Crippen MR) is 149 cm³/mol. The van der Waals surface area contributed by atoms with Crippen molar-refractivity contribution in [2.24, 2.45) is 4.99 Å². The Labute approximate surface area is 228 Å². The van der Waals surface area contributed by atoms with Gasteiger partial charge in [-0.3, -0.25) is 14.2 Å². The number of ether oxygens (including phenoxy) is 3. The first-order chi connectivity index (χ1) is 18.8. The van der Waals surface area contributed by atoms with E-state index in [1.807, 2.05) is 48.5 Å². The zero-order valence-corrected chi connectivity index (χ0v) is 22.7. The Kier molecular flexibility index (Phi) is 7.17. The van der Waals surface area contributed by atoms with E-state index in [4.69, 9.17) is 14.2 Å². The van der Waals surface area contributed by atoms with Crippen molar-refractivity contribution in [3.8, 4) is 11.5 Å². The highest BCUT2D eigenvalue weighted by molar-refractivity contribution is 7.07. The molecule has 1 unspecified atom stereocenters. The van der Waals surface area contributed by atoms with E-state index in [0.717, 1.165) is 16.3 Å². The van der Waals surface area contributed by atoms with Crippen molar-refractivity contribution in [3.05, 3.63) is 103 Å². The number of hydrogen-bond acceptors (Lipinski definition) is 8. The van der Waals surface area contributed by atoms with Crippen molar-refractivity contribution in [1.82, 2.24) is 4.57 Å². The Bertz CT molecular complexity index is 1830. The van der Waals surface area contributed by atoms with E-state index in [-0.39, 0.29) is 23.5 Å². The molecule has 0 spiro atoms. The third-order valence-corrected chi connectivity index (χ3v) is 7.37. The minimum Gasteiger partial charge on any atom is -0.493 e. The summed E-state index contributed by atoms with van der Waals surface area (Å²) in [4.78, 5) is 43.8. The number of methoxy groups -OCH3 is 1. The summed E-state index contributed by atoms with van der Waals surface area (Å²) >= 11 is 1.26. The molecule has 3 aromatic carbocycles. The highest BCUT2D eigenvalue weighted by atomic mass is 32.1. The number of hydrogen-bond donors (Lipinski definition) is 0. The molecule has 8 nitrogen and oxygen atoms in total. The van der Waals surface area contributed by atoms with Crippen LogP contribution in [0.4, 0.5) is 0 Å². The Balaban J connectivity index is 1.74. The van der Waals surface area contributed by atoms with Gasteiger partial charge in [0, 0.05) is 6.92 Å². The van der Waals surface area contributed by atoms with Gasteiger partial charge in [-0.25, -0.2) is 9.79 Å². The first-order valence-electron chi connectivity index (χ1n) is 12.4. The van der Waals surface area contributed by atoms with Crippen LogP contribution in [0.3, 0.4) is 0 Å². The Hall–Kier alpha value is -4.50. The molecule has 9 heteroatoms. The third kappa shape index (κ3) is 4.88. The lowest BCUT2D eigenvalue weighted by Crippen LogP contribution is -2.40. The largest absolute Gasteiger partial charge is 0.493 e. The lowest BCUT2D eigenvalue weighted by Gasteiger charge is -2.25. The van der Waals surface area contributed by atoms with Crippen LogP contribution in [0.1, 0.15) is 37.9 Å². The fourth-order valence-electron chi connectivity index (χ4n) is 4.72. The van der Waals surface area contributed by atoms with Crippen molar-refractivity contribution >= 4 is 40.1 Å². The van der Waals surface area contributed by atoms with Crippen LogP contribution in [0, 0.1) is 0 Å². The zero-order chi connectivity index (χ0) is 27.7. The highest BCUT2D eigenvalue weighted by Crippen LogP contribution is 2.36. The van der Waals surface area contributed by atoms with E-state index in [1.165, 1.54) is 29.9 Å². The Morgan fingerprint density at radius 2 is 1.85 bits per heavy atom. The summed E-state index contributed by atoms with van der Waals surface area (Å²) in [5.74, 6) is -0.533. The molecule has 0 bridgehead atoms. The third-order valence-electron chi connectivity index (χ3n) is 6.38. The normalized spacial score (nSPS) is 15.1. The second-order valence-electron chi connectivity index (χ2n) is 8.87. The maximum Gasteiger partial charge on any atom is 0.338 e. The molecule has 0 fully saturated rings. The number of aromatic nitrogens is 1. The molecule has 0 radical (unpaired) electrons. The molecule has 5 rings (SSSR count). The smallest absolute Gasteiger partial charge is 0.338 e. The first-order valence-corrected chi connectivity index (χ1v) is 13.2. The van der Waals surface area contributed by atoms with E-state index in [1.54, 1.807) is 32.0 Å². The summed E-state index contributed by atoms with van der Waals surface area (Å²) in [6, 6.07) is 18.0. The molecule has 1 atom stereocenters. The maximum absolute atomic E-state index is 13.9. The molecular weight excluding hydrogens is 516 g/mol. The molecule has 2 heterocycles. The van der Waals surface area contributed by atoms with E-state index in [9.17, 15) is 14.4 Å². The van der Waals surface area contributed by atoms with Gasteiger partial charge in [0.15, 0.2) is 16.3 Å². The molecule has 4 aromatic rings. The lowest BCUT2D eigenvalue weighted by atomic mass is 9.95. The van der Waals surface area contributed by atoms with Crippen LogP contribution in [0.25, 0.3) is 16.8 Å². The van der Waals surface area contributed by atoms with Gasteiger partial charge in [0.25, 0.3) is 5.56 Å². The van der Waals surface area contributed by atoms with Crippen molar-refractivity contribution in [3.63, 3.8) is 0 Å². The topological polar surface area (TPSA) is 96.2 Å². The van der Waals surface area contributed by atoms with Crippen molar-refractivity contribution < 1.29 is 23.8 Å². The van der Waals surface area contributed by atoms with Gasteiger partial charge in [-0.05, 0) is 54.0 Å². The standard InChI is InChI=1S/C30H26N2O6S/c1-5-37-29(35)26-17(2)31-30-32(27(26)21-13-14-23(38-18(3)33)24(15-21)36-4)28(34)25(39-30)16-20-11-8-10-19-9-6-7-12-22(19)20/h6-16,27H,5H2,1-4H3/b25-16-. The molecule has 39 heavy (non-hydrogen) atoms. The second kappa shape index (κ2) is 10.7. The summed E-state index contributed by atoms with van der Waals surface area (Å²) in [5, 5.41) is 2.09. The van der Waals surface area contributed by atoms with Crippen LogP contribution in [0.5, 0.6) is 11.5 Å². The number of rotatable bonds is 6. The fourth-order valence-corrected chi connectivity index (χ4v) is 5.76. The van der Waals surface area contributed by atoms with Crippen molar-refractivity contribution in [2.45, 2.75) is 26.8 Å². The Morgan fingerprint density at radius 1 is 1.08 bits per heavy atom. The van der Waals surface area contributed by atoms with Gasteiger partial charge in [0.2, 0.25) is 0 Å². The van der Waals surface area contributed by atoms with Gasteiger partial charge < -0.3 is 14.2 Å². The molecule has 0 amide bonds. The van der Waals surface area contributed by atoms with Gasteiger partial charge in [0.1, 0.15) is 0 Å². The highest BCUT2D eigenvalue weighted by Gasteiger charge is 2.34. The SMILES string of the molecule is CCOC(=O)C1=C(C)N=c2s/c(=C\c3cccc4ccccc34)c(=O)n2C1c1ccc(OC(C)=O)c(OC)c1. The fraction of sp³-hybridized carbons (Fsp3) is 0.200. The summed E-state index contributed by atoms with van der Waals surface area (Å²) < 4.78 is 18.1. The van der Waals surface area contributed by atoms with Crippen LogP contribution >= 0.6 is 11.3 Å². The average Bonchev–Trinajstić information content (AvgIpc) is 3.22. The van der Waals surface area contributed by atoms with Crippen LogP contribution in [0.15, 0.2) is 81.7 Å². The number of carbonyl (C=O) groups is 2. The van der Waals surface area contributed by atoms with Crippen LogP contribution in [0.2, 0.25) is 0 Å². The van der Waals surface area contributed by atoms with Crippen LogP contribution in [-0.2, 0) is 14.3 Å². The van der Waals surface area contributed by atoms with E-state index in [2.05, 4.69) is 4.99 Å². The lowest BCUT2D eigenvalue weighted by molar-refractivity contribution is -0.139. The van der Waals surface area contributed by atoms with E-state index in [0.29, 0.717) is 26.3 Å². The quantitative estimate of drug-likeness (QED) is 0.271. The van der Waals surface area contributed by atoms with Gasteiger partial charge in [-0.2, -0.15) is 0 Å². The zero-order valence-electron chi connectivity index (χ0n) is 21.9. The number of allylic oxidation sites excluding steroid dienone is 1. The number of thiazole rings is 1. The second-order valence-corrected chi connectivity index (χ2v) is 9.88. The minimum atomic E-state index is -0.824. The maximum atomic E-state index is 13.9. The van der Waals surface area contributed by atoms with Crippen molar-refractivity contribution in [1.29, 1.82) is 0 Å². The van der Waals surface area contributed by atoms with Gasteiger partial charge in [-0.1, -0.05) is 59.9 Å². The molecule has 0 aliphatic carbocycles. The average molecular weight is 543 g/mol. The number of benzene rings is 3. The molecular formula is C30H26N2O6S. The number of nitrogens with zero attached hydrogens (tertiary/aromatic N) is 2. The molecule has 198 valence electrons. The molecule has 1 aliphatic heterocycles. The van der Waals surface area contributed by atoms with Crippen LogP contribution in [-0.4, -0.2) is 30.2 Å².